The Balaban J connectivity index is 1.56. The van der Waals surface area contributed by atoms with Crippen LogP contribution in [0.4, 0.5) is 24.7 Å². The summed E-state index contributed by atoms with van der Waals surface area (Å²) < 4.78 is 44.8. The molecule has 2 aromatic carbocycles. The zero-order valence-corrected chi connectivity index (χ0v) is 16.9. The maximum Gasteiger partial charge on any atom is 0.416 e. The number of alkyl halides is 3. The van der Waals surface area contributed by atoms with E-state index in [0.717, 1.165) is 23.3 Å². The van der Waals surface area contributed by atoms with Crippen LogP contribution in [0.3, 0.4) is 0 Å². The van der Waals surface area contributed by atoms with Crippen LogP contribution in [-0.4, -0.2) is 16.8 Å². The molecule has 0 atom stereocenters. The second-order valence-electron chi connectivity index (χ2n) is 7.30. The van der Waals surface area contributed by atoms with Crippen LogP contribution in [-0.2, 0) is 17.4 Å². The number of carbonyl (C=O) groups is 2. The number of nitrogens with one attached hydrogen (secondary N) is 2. The molecule has 0 unspecified atom stereocenters. The number of aromatic nitrogens is 1. The number of hydrogen-bond acceptors (Lipinski definition) is 4. The third-order valence-electron chi connectivity index (χ3n) is 4.99. The third kappa shape index (κ3) is 4.56. The summed E-state index contributed by atoms with van der Waals surface area (Å²) in [5.74, 6) is 0.648. The number of halogens is 3. The van der Waals surface area contributed by atoms with E-state index in [1.54, 1.807) is 24.3 Å². The third-order valence-corrected chi connectivity index (χ3v) is 4.99. The molecule has 1 aliphatic rings. The van der Waals surface area contributed by atoms with Crippen LogP contribution in [0.25, 0.3) is 0 Å². The van der Waals surface area contributed by atoms with Crippen LogP contribution in [0.15, 0.2) is 54.7 Å². The lowest BCUT2D eigenvalue weighted by molar-refractivity contribution is -0.137. The van der Waals surface area contributed by atoms with Gasteiger partial charge in [-0.25, -0.2) is 4.98 Å². The number of aryl methyl sites for hydroxylation is 1. The summed E-state index contributed by atoms with van der Waals surface area (Å²) in [5.41, 5.74) is 0.913. The van der Waals surface area contributed by atoms with Crippen LogP contribution < -0.4 is 15.4 Å². The Morgan fingerprint density at radius 3 is 2.69 bits per heavy atom. The van der Waals surface area contributed by atoms with E-state index in [2.05, 4.69) is 15.6 Å². The number of carbonyl (C=O) groups excluding carboxylic acids is 2. The zero-order chi connectivity index (χ0) is 22.9. The van der Waals surface area contributed by atoms with Gasteiger partial charge in [-0.05, 0) is 49.2 Å². The topological polar surface area (TPSA) is 80.3 Å². The highest BCUT2D eigenvalue weighted by molar-refractivity contribution is 6.04. The number of anilines is 2. The van der Waals surface area contributed by atoms with E-state index in [1.165, 1.54) is 18.3 Å². The van der Waals surface area contributed by atoms with Crippen LogP contribution in [0.5, 0.6) is 11.5 Å². The quantitative estimate of drug-likeness (QED) is 0.573. The molecule has 3 aromatic rings. The number of nitrogens with zero attached hydrogens (tertiary/aromatic N) is 1. The largest absolute Gasteiger partial charge is 0.457 e. The molecule has 0 radical (unpaired) electrons. The minimum absolute atomic E-state index is 0.109. The zero-order valence-electron chi connectivity index (χ0n) is 16.9. The van der Waals surface area contributed by atoms with Crippen LogP contribution in [0, 0.1) is 6.92 Å². The van der Waals surface area contributed by atoms with Gasteiger partial charge < -0.3 is 15.4 Å². The van der Waals surface area contributed by atoms with Crippen molar-refractivity contribution in [3.8, 4) is 11.5 Å². The molecule has 2 amide bonds. The maximum atomic E-state index is 12.9. The molecule has 2 N–H and O–H groups in total. The Bertz CT molecular complexity index is 1210. The molecule has 6 nitrogen and oxygen atoms in total. The summed E-state index contributed by atoms with van der Waals surface area (Å²) in [5, 5.41) is 5.31. The van der Waals surface area contributed by atoms with E-state index in [9.17, 15) is 22.8 Å². The average Bonchev–Trinajstić information content (AvgIpc) is 2.75. The minimum Gasteiger partial charge on any atom is -0.457 e. The predicted molar refractivity (Wildman–Crippen MR) is 112 cm³/mol. The second-order valence-corrected chi connectivity index (χ2v) is 7.30. The summed E-state index contributed by atoms with van der Waals surface area (Å²) in [7, 11) is 0. The first-order valence-electron chi connectivity index (χ1n) is 9.75. The van der Waals surface area contributed by atoms with Gasteiger partial charge in [0.05, 0.1) is 5.56 Å². The standard InChI is InChI=1S/C23H18F3N3O3/c1-13-5-6-16(28-22(31)14-3-2-4-15(11-14)23(24,25)26)12-19(13)32-18-9-10-27-21-17(18)7-8-20(30)29-21/h2-6,9-12H,7-8H2,1H3,(H,28,31)(H,27,29,30). The molecule has 164 valence electrons. The molecule has 0 saturated heterocycles. The Morgan fingerprint density at radius 2 is 1.91 bits per heavy atom. The van der Waals surface area contributed by atoms with Gasteiger partial charge in [0, 0.05) is 35.5 Å². The van der Waals surface area contributed by atoms with Gasteiger partial charge in [-0.15, -0.1) is 0 Å². The summed E-state index contributed by atoms with van der Waals surface area (Å²) in [6.45, 7) is 1.82. The first-order chi connectivity index (χ1) is 15.2. The molecular weight excluding hydrogens is 423 g/mol. The van der Waals surface area contributed by atoms with Gasteiger partial charge in [-0.2, -0.15) is 13.2 Å². The minimum atomic E-state index is -4.54. The molecule has 1 aromatic heterocycles. The molecule has 2 heterocycles. The van der Waals surface area contributed by atoms with Gasteiger partial charge in [0.25, 0.3) is 5.91 Å². The van der Waals surface area contributed by atoms with E-state index < -0.39 is 17.6 Å². The first kappa shape index (κ1) is 21.4. The predicted octanol–water partition coefficient (Wildman–Crippen LogP) is 5.34. The van der Waals surface area contributed by atoms with Crippen molar-refractivity contribution in [3.63, 3.8) is 0 Å². The summed E-state index contributed by atoms with van der Waals surface area (Å²) in [4.78, 5) is 28.3. The number of ether oxygens (including phenoxy) is 1. The van der Waals surface area contributed by atoms with Crippen molar-refractivity contribution >= 4 is 23.3 Å². The van der Waals surface area contributed by atoms with Crippen molar-refractivity contribution in [3.05, 3.63) is 77.0 Å². The fraction of sp³-hybridized carbons (Fsp3) is 0.174. The van der Waals surface area contributed by atoms with Gasteiger partial charge in [0.1, 0.15) is 17.3 Å². The van der Waals surface area contributed by atoms with E-state index in [-0.39, 0.29) is 11.5 Å². The summed E-state index contributed by atoms with van der Waals surface area (Å²) >= 11 is 0. The van der Waals surface area contributed by atoms with E-state index >= 15 is 0 Å². The molecule has 32 heavy (non-hydrogen) atoms. The van der Waals surface area contributed by atoms with Crippen molar-refractivity contribution in [1.82, 2.24) is 4.98 Å². The molecule has 9 heteroatoms. The highest BCUT2D eigenvalue weighted by Gasteiger charge is 2.31. The Morgan fingerprint density at radius 1 is 1.09 bits per heavy atom. The molecular formula is C23H18F3N3O3. The normalized spacial score (nSPS) is 13.2. The molecule has 0 aliphatic carbocycles. The van der Waals surface area contributed by atoms with Crippen molar-refractivity contribution in [2.45, 2.75) is 25.9 Å². The molecule has 0 spiro atoms. The fourth-order valence-corrected chi connectivity index (χ4v) is 3.30. The molecule has 4 rings (SSSR count). The SMILES string of the molecule is Cc1ccc(NC(=O)c2cccc(C(F)(F)F)c2)cc1Oc1ccnc2c1CCC(=O)N2. The van der Waals surface area contributed by atoms with Crippen LogP contribution >= 0.6 is 0 Å². The molecule has 0 bridgehead atoms. The highest BCUT2D eigenvalue weighted by Crippen LogP contribution is 2.35. The lowest BCUT2D eigenvalue weighted by Gasteiger charge is -2.19. The van der Waals surface area contributed by atoms with Crippen LogP contribution in [0.1, 0.15) is 33.5 Å². The number of amides is 2. The molecule has 1 aliphatic heterocycles. The van der Waals surface area contributed by atoms with Gasteiger partial charge in [-0.1, -0.05) is 12.1 Å². The summed E-state index contributed by atoms with van der Waals surface area (Å²) in [6, 6.07) is 10.9. The molecule has 0 fully saturated rings. The average molecular weight is 441 g/mol. The number of rotatable bonds is 4. The summed E-state index contributed by atoms with van der Waals surface area (Å²) in [6.07, 6.45) is -2.21. The van der Waals surface area contributed by atoms with Gasteiger partial charge in [0.15, 0.2) is 0 Å². The fourth-order valence-electron chi connectivity index (χ4n) is 3.30. The van der Waals surface area contributed by atoms with E-state index in [1.807, 2.05) is 6.92 Å². The van der Waals surface area contributed by atoms with Crippen molar-refractivity contribution in [2.24, 2.45) is 0 Å². The van der Waals surface area contributed by atoms with Crippen LogP contribution in [0.2, 0.25) is 0 Å². The van der Waals surface area contributed by atoms with Crippen molar-refractivity contribution < 1.29 is 27.5 Å². The lowest BCUT2D eigenvalue weighted by atomic mass is 10.1. The highest BCUT2D eigenvalue weighted by atomic mass is 19.4. The number of hydrogen-bond donors (Lipinski definition) is 2. The Kier molecular flexibility index (Phi) is 5.56. The van der Waals surface area contributed by atoms with Gasteiger partial charge in [-0.3, -0.25) is 9.59 Å². The Hall–Kier alpha value is -3.88. The van der Waals surface area contributed by atoms with E-state index in [4.69, 9.17) is 4.74 Å². The maximum absolute atomic E-state index is 12.9. The monoisotopic (exact) mass is 441 g/mol. The second kappa shape index (κ2) is 8.33. The van der Waals surface area contributed by atoms with Crippen molar-refractivity contribution in [2.75, 3.05) is 10.6 Å². The number of benzene rings is 2. The number of pyridine rings is 1. The first-order valence-corrected chi connectivity index (χ1v) is 9.75. The number of fused-ring (bicyclic) bond motifs is 1. The van der Waals surface area contributed by atoms with Gasteiger partial charge in [0.2, 0.25) is 5.91 Å². The van der Waals surface area contributed by atoms with Crippen molar-refractivity contribution in [1.29, 1.82) is 0 Å². The molecule has 0 saturated carbocycles. The smallest absolute Gasteiger partial charge is 0.416 e. The lowest BCUT2D eigenvalue weighted by Crippen LogP contribution is -2.20. The van der Waals surface area contributed by atoms with Gasteiger partial charge >= 0.3 is 6.18 Å². The van der Waals surface area contributed by atoms with E-state index in [0.29, 0.717) is 35.8 Å². The Labute approximate surface area is 181 Å².